The molecule has 3 aromatic carbocycles. The lowest BCUT2D eigenvalue weighted by Crippen LogP contribution is -2.29. The number of halogens is 3. The van der Waals surface area contributed by atoms with Gasteiger partial charge in [-0.3, -0.25) is 9.69 Å². The lowest BCUT2D eigenvalue weighted by molar-refractivity contribution is -0.137. The van der Waals surface area contributed by atoms with Gasteiger partial charge in [0.05, 0.1) is 5.56 Å². The molecule has 0 amide bonds. The average molecular weight is 522 g/mol. The molecule has 0 heterocycles. The van der Waals surface area contributed by atoms with Crippen molar-refractivity contribution < 1.29 is 27.8 Å². The fourth-order valence-corrected chi connectivity index (χ4v) is 4.41. The first-order chi connectivity index (χ1) is 18.3. The van der Waals surface area contributed by atoms with Crippen LogP contribution >= 0.6 is 0 Å². The van der Waals surface area contributed by atoms with Gasteiger partial charge in [0.15, 0.2) is 5.78 Å². The zero-order valence-corrected chi connectivity index (χ0v) is 21.0. The number of carbonyl (C=O) groups excluding carboxylic acids is 1. The van der Waals surface area contributed by atoms with Gasteiger partial charge < -0.3 is 9.84 Å². The van der Waals surface area contributed by atoms with E-state index in [4.69, 9.17) is 9.84 Å². The Labute approximate surface area is 220 Å². The van der Waals surface area contributed by atoms with Crippen LogP contribution in [0.1, 0.15) is 34.2 Å². The lowest BCUT2D eigenvalue weighted by Gasteiger charge is -2.23. The minimum atomic E-state index is -4.37. The van der Waals surface area contributed by atoms with E-state index in [9.17, 15) is 18.0 Å². The summed E-state index contributed by atoms with van der Waals surface area (Å²) in [5.74, 6) is 0.0510. The van der Waals surface area contributed by atoms with Crippen molar-refractivity contribution in [3.8, 4) is 5.75 Å². The first kappa shape index (κ1) is 27.4. The fourth-order valence-electron chi connectivity index (χ4n) is 4.41. The number of benzene rings is 3. The largest absolute Gasteiger partial charge is 0.492 e. The van der Waals surface area contributed by atoms with Gasteiger partial charge in [0.1, 0.15) is 19.0 Å². The quantitative estimate of drug-likeness (QED) is 0.289. The molecule has 0 atom stereocenters. The van der Waals surface area contributed by atoms with Crippen LogP contribution in [-0.4, -0.2) is 42.1 Å². The number of nitrogens with zero attached hydrogens (tertiary/aromatic N) is 1. The number of ether oxygens (including phenoxy) is 1. The van der Waals surface area contributed by atoms with Gasteiger partial charge in [0.2, 0.25) is 0 Å². The van der Waals surface area contributed by atoms with E-state index in [0.29, 0.717) is 25.4 Å². The van der Waals surface area contributed by atoms with Crippen LogP contribution < -0.4 is 4.74 Å². The maximum Gasteiger partial charge on any atom is 0.416 e. The number of fused-ring (bicyclic) bond motifs is 1. The highest BCUT2D eigenvalue weighted by Crippen LogP contribution is 2.31. The van der Waals surface area contributed by atoms with Gasteiger partial charge >= 0.3 is 6.18 Å². The Bertz CT molecular complexity index is 1280. The second-order valence-corrected chi connectivity index (χ2v) is 9.19. The Morgan fingerprint density at radius 3 is 2.42 bits per heavy atom. The summed E-state index contributed by atoms with van der Waals surface area (Å²) in [6.07, 6.45) is 2.74. The van der Waals surface area contributed by atoms with Crippen molar-refractivity contribution in [2.24, 2.45) is 0 Å². The van der Waals surface area contributed by atoms with Crippen LogP contribution in [0.5, 0.6) is 5.75 Å². The molecule has 1 aliphatic carbocycles. The Balaban J connectivity index is 1.39. The molecular weight excluding hydrogens is 491 g/mol. The van der Waals surface area contributed by atoms with Crippen LogP contribution in [0.25, 0.3) is 11.6 Å². The smallest absolute Gasteiger partial charge is 0.416 e. The molecule has 0 radical (unpaired) electrons. The number of hydrogen-bond acceptors (Lipinski definition) is 4. The van der Waals surface area contributed by atoms with Gasteiger partial charge in [-0.2, -0.15) is 13.2 Å². The second-order valence-electron chi connectivity index (χ2n) is 9.19. The fraction of sp³-hybridized carbons (Fsp3) is 0.258. The topological polar surface area (TPSA) is 49.8 Å². The van der Waals surface area contributed by atoms with E-state index in [1.165, 1.54) is 34.9 Å². The van der Waals surface area contributed by atoms with Gasteiger partial charge in [-0.15, -0.1) is 0 Å². The van der Waals surface area contributed by atoms with Crippen LogP contribution in [-0.2, 0) is 23.9 Å². The van der Waals surface area contributed by atoms with E-state index >= 15 is 0 Å². The molecule has 38 heavy (non-hydrogen) atoms. The van der Waals surface area contributed by atoms with Crippen molar-refractivity contribution in [2.45, 2.75) is 25.6 Å². The first-order valence-corrected chi connectivity index (χ1v) is 12.5. The van der Waals surface area contributed by atoms with Gasteiger partial charge in [-0.05, 0) is 71.0 Å². The maximum atomic E-state index is 12.8. The second kappa shape index (κ2) is 12.7. The van der Waals surface area contributed by atoms with Gasteiger partial charge in [-0.25, -0.2) is 0 Å². The summed E-state index contributed by atoms with van der Waals surface area (Å²) in [5.41, 5.74) is 5.20. The van der Waals surface area contributed by atoms with E-state index in [1.807, 2.05) is 24.3 Å². The van der Waals surface area contributed by atoms with E-state index in [1.54, 1.807) is 6.08 Å². The number of alkyl halides is 3. The van der Waals surface area contributed by atoms with Gasteiger partial charge in [0.25, 0.3) is 0 Å². The molecule has 0 aliphatic heterocycles. The third kappa shape index (κ3) is 7.66. The Morgan fingerprint density at radius 1 is 0.974 bits per heavy atom. The molecule has 0 spiro atoms. The summed E-state index contributed by atoms with van der Waals surface area (Å²) in [6, 6.07) is 21.0. The molecule has 1 aliphatic rings. The molecule has 0 saturated heterocycles. The third-order valence-electron chi connectivity index (χ3n) is 6.49. The lowest BCUT2D eigenvalue weighted by atomic mass is 10.0. The SMILES string of the molecule is O=C(/C=C/c1ccc(CN(CCOc2ccc(C(F)(F)F)cc2)CCC2=CCc3ccccc32)cc1)CO. The minimum absolute atomic E-state index is 0.338. The van der Waals surface area contributed by atoms with Crippen LogP contribution in [0.2, 0.25) is 0 Å². The molecule has 3 aromatic rings. The minimum Gasteiger partial charge on any atom is -0.492 e. The molecule has 0 bridgehead atoms. The van der Waals surface area contributed by atoms with Crippen molar-refractivity contribution in [1.29, 1.82) is 0 Å². The van der Waals surface area contributed by atoms with Crippen LogP contribution in [0, 0.1) is 0 Å². The Kier molecular flexibility index (Phi) is 9.15. The molecule has 0 aromatic heterocycles. The molecular formula is C31H30F3NO3. The Morgan fingerprint density at radius 2 is 1.71 bits per heavy atom. The van der Waals surface area contributed by atoms with E-state index < -0.39 is 18.3 Å². The number of allylic oxidation sites excluding steroid dienone is 1. The highest BCUT2D eigenvalue weighted by atomic mass is 19.4. The molecule has 4 nitrogen and oxygen atoms in total. The highest BCUT2D eigenvalue weighted by molar-refractivity contribution is 5.94. The molecule has 0 saturated carbocycles. The number of aliphatic hydroxyl groups excluding tert-OH is 1. The van der Waals surface area contributed by atoms with Gasteiger partial charge in [0, 0.05) is 19.6 Å². The average Bonchev–Trinajstić information content (AvgIpc) is 3.34. The van der Waals surface area contributed by atoms with Crippen LogP contribution in [0.15, 0.2) is 84.9 Å². The maximum absolute atomic E-state index is 12.8. The number of rotatable bonds is 12. The number of carbonyl (C=O) groups is 1. The standard InChI is InChI=1S/C31H30F3NO3/c32-31(33,34)27-12-15-29(16-13-27)38-20-19-35(18-17-26-11-10-25-3-1-2-4-30(25)26)21-24-7-5-23(6-8-24)9-14-28(37)22-36/h1-9,11-16,36H,10,17-22H2/b14-9+. The molecule has 1 N–H and O–H groups in total. The van der Waals surface area contributed by atoms with E-state index in [2.05, 4.69) is 35.2 Å². The summed E-state index contributed by atoms with van der Waals surface area (Å²) >= 11 is 0. The van der Waals surface area contributed by atoms with Crippen molar-refractivity contribution >= 4 is 17.4 Å². The van der Waals surface area contributed by atoms with Crippen molar-refractivity contribution in [1.82, 2.24) is 4.90 Å². The summed E-state index contributed by atoms with van der Waals surface area (Å²) in [7, 11) is 0. The first-order valence-electron chi connectivity index (χ1n) is 12.5. The number of aliphatic hydroxyl groups is 1. The van der Waals surface area contributed by atoms with Crippen molar-refractivity contribution in [3.05, 3.63) is 113 Å². The summed E-state index contributed by atoms with van der Waals surface area (Å²) in [5, 5.41) is 8.86. The predicted molar refractivity (Wildman–Crippen MR) is 143 cm³/mol. The van der Waals surface area contributed by atoms with Crippen LogP contribution in [0.3, 0.4) is 0 Å². The zero-order chi connectivity index (χ0) is 27.0. The molecule has 0 fully saturated rings. The van der Waals surface area contributed by atoms with Crippen LogP contribution in [0.4, 0.5) is 13.2 Å². The highest BCUT2D eigenvalue weighted by Gasteiger charge is 2.30. The predicted octanol–water partition coefficient (Wildman–Crippen LogP) is 6.19. The summed E-state index contributed by atoms with van der Waals surface area (Å²) in [6.45, 7) is 1.89. The monoisotopic (exact) mass is 521 g/mol. The van der Waals surface area contributed by atoms with E-state index in [-0.39, 0.29) is 5.78 Å². The molecule has 7 heteroatoms. The molecule has 0 unspecified atom stereocenters. The summed E-state index contributed by atoms with van der Waals surface area (Å²) in [4.78, 5) is 13.6. The zero-order valence-electron chi connectivity index (χ0n) is 21.0. The third-order valence-corrected chi connectivity index (χ3v) is 6.49. The Hall–Kier alpha value is -3.68. The normalized spacial score (nSPS) is 13.1. The van der Waals surface area contributed by atoms with E-state index in [0.717, 1.165) is 42.6 Å². The van der Waals surface area contributed by atoms with Gasteiger partial charge in [-0.1, -0.05) is 60.7 Å². The molecule has 4 rings (SSSR count). The van der Waals surface area contributed by atoms with Crippen molar-refractivity contribution in [3.63, 3.8) is 0 Å². The number of hydrogen-bond donors (Lipinski definition) is 1. The molecule has 198 valence electrons. The number of ketones is 1. The summed E-state index contributed by atoms with van der Waals surface area (Å²) < 4.78 is 44.3. The van der Waals surface area contributed by atoms with Crippen molar-refractivity contribution in [2.75, 3.05) is 26.3 Å².